The Bertz CT molecular complexity index is 753. The summed E-state index contributed by atoms with van der Waals surface area (Å²) in [5.74, 6) is -1.02. The number of nitrogens with one attached hydrogen (secondary N) is 1. The number of carbonyl (C=O) groups is 1. The van der Waals surface area contributed by atoms with E-state index in [4.69, 9.17) is 5.11 Å². The number of carboxylic acid groups (broad SMARTS) is 1. The molecule has 6 nitrogen and oxygen atoms in total. The van der Waals surface area contributed by atoms with Gasteiger partial charge in [-0.3, -0.25) is 9.52 Å². The van der Waals surface area contributed by atoms with Crippen molar-refractivity contribution >= 4 is 75.7 Å². The van der Waals surface area contributed by atoms with Crippen LogP contribution in [-0.2, 0) is 21.2 Å². The van der Waals surface area contributed by atoms with Gasteiger partial charge in [-0.15, -0.1) is 22.7 Å². The zero-order chi connectivity index (χ0) is 14.9. The average Bonchev–Trinajstić information content (AvgIpc) is 2.84. The number of thiophene rings is 1. The molecule has 0 saturated carbocycles. The molecule has 2 N–H and O–H groups in total. The average molecular weight is 462 g/mol. The summed E-state index contributed by atoms with van der Waals surface area (Å²) >= 11 is 8.67. The van der Waals surface area contributed by atoms with Crippen molar-refractivity contribution in [2.24, 2.45) is 0 Å². The molecule has 0 aliphatic heterocycles. The zero-order valence-electron chi connectivity index (χ0n) is 9.46. The highest BCUT2D eigenvalue weighted by Gasteiger charge is 2.22. The van der Waals surface area contributed by atoms with Crippen molar-refractivity contribution in [2.75, 3.05) is 4.72 Å². The van der Waals surface area contributed by atoms with Gasteiger partial charge in [0.15, 0.2) is 5.13 Å². The number of hydrogen-bond donors (Lipinski definition) is 2. The second kappa shape index (κ2) is 6.10. The molecule has 2 aromatic heterocycles. The van der Waals surface area contributed by atoms with Crippen LogP contribution in [0.3, 0.4) is 0 Å². The standard InChI is InChI=1S/C9H6Br2N2O4S3/c10-6-2-5(8(11)19-6)20(16,17)13-9-12-4(3-18-9)1-7(14)15/h2-3H,1H2,(H,12,13)(H,14,15). The first-order valence-corrected chi connectivity index (χ1v) is 9.68. The Kier molecular flexibility index (Phi) is 4.84. The lowest BCUT2D eigenvalue weighted by atomic mass is 10.3. The lowest BCUT2D eigenvalue weighted by Gasteiger charge is -2.03. The topological polar surface area (TPSA) is 96.4 Å². The summed E-state index contributed by atoms with van der Waals surface area (Å²) < 4.78 is 27.8. The SMILES string of the molecule is O=C(O)Cc1csc(NS(=O)(=O)c2cc(Br)sc2Br)n1. The van der Waals surface area contributed by atoms with Gasteiger partial charge in [-0.1, -0.05) is 0 Å². The number of hydrogen-bond acceptors (Lipinski definition) is 6. The third-order valence-electron chi connectivity index (χ3n) is 2.02. The molecule has 20 heavy (non-hydrogen) atoms. The van der Waals surface area contributed by atoms with Gasteiger partial charge in [-0.25, -0.2) is 13.4 Å². The summed E-state index contributed by atoms with van der Waals surface area (Å²) in [6.45, 7) is 0. The lowest BCUT2D eigenvalue weighted by molar-refractivity contribution is -0.136. The van der Waals surface area contributed by atoms with Crippen LogP contribution in [0.25, 0.3) is 0 Å². The van der Waals surface area contributed by atoms with Gasteiger partial charge in [0.1, 0.15) is 4.90 Å². The molecule has 0 fully saturated rings. The number of anilines is 1. The van der Waals surface area contributed by atoms with Crippen LogP contribution in [0, 0.1) is 0 Å². The Balaban J connectivity index is 2.22. The number of aromatic nitrogens is 1. The molecule has 11 heteroatoms. The van der Waals surface area contributed by atoms with Crippen molar-refractivity contribution in [3.63, 3.8) is 0 Å². The van der Waals surface area contributed by atoms with Gasteiger partial charge in [-0.05, 0) is 37.9 Å². The van der Waals surface area contributed by atoms with Gasteiger partial charge in [0.25, 0.3) is 10.0 Å². The second-order valence-electron chi connectivity index (χ2n) is 3.51. The number of thiazole rings is 1. The Labute approximate surface area is 139 Å². The van der Waals surface area contributed by atoms with Gasteiger partial charge in [0.2, 0.25) is 0 Å². The smallest absolute Gasteiger partial charge is 0.309 e. The molecule has 0 spiro atoms. The number of aliphatic carboxylic acids is 1. The molecule has 0 aliphatic carbocycles. The fraction of sp³-hybridized carbons (Fsp3) is 0.111. The van der Waals surface area contributed by atoms with Crippen LogP contribution < -0.4 is 4.72 Å². The molecular formula is C9H6Br2N2O4S3. The first kappa shape index (κ1) is 15.9. The number of rotatable bonds is 5. The third kappa shape index (κ3) is 3.79. The third-order valence-corrected chi connectivity index (χ3v) is 7.05. The molecule has 0 aromatic carbocycles. The normalized spacial score (nSPS) is 11.5. The maximum atomic E-state index is 12.2. The summed E-state index contributed by atoms with van der Waals surface area (Å²) in [7, 11) is -3.75. The minimum Gasteiger partial charge on any atom is -0.481 e. The van der Waals surface area contributed by atoms with Crippen LogP contribution in [0.1, 0.15) is 5.69 Å². The molecule has 108 valence electrons. The highest BCUT2D eigenvalue weighted by atomic mass is 79.9. The van der Waals surface area contributed by atoms with E-state index >= 15 is 0 Å². The van der Waals surface area contributed by atoms with Crippen molar-refractivity contribution in [1.29, 1.82) is 0 Å². The van der Waals surface area contributed by atoms with E-state index < -0.39 is 16.0 Å². The van der Waals surface area contributed by atoms with E-state index in [2.05, 4.69) is 41.6 Å². The molecule has 2 aromatic rings. The minimum atomic E-state index is -3.75. The molecule has 0 radical (unpaired) electrons. The Morgan fingerprint density at radius 2 is 2.15 bits per heavy atom. The van der Waals surface area contributed by atoms with Crippen LogP contribution in [0.2, 0.25) is 0 Å². The first-order chi connectivity index (χ1) is 9.28. The fourth-order valence-corrected chi connectivity index (χ4v) is 7.04. The van der Waals surface area contributed by atoms with Crippen LogP contribution in [0.4, 0.5) is 5.13 Å². The predicted octanol–water partition coefficient (Wildman–Crippen LogP) is 3.16. The van der Waals surface area contributed by atoms with Gasteiger partial charge in [0.05, 0.1) is 19.7 Å². The van der Waals surface area contributed by atoms with Crippen molar-refractivity contribution in [2.45, 2.75) is 11.3 Å². The second-order valence-corrected chi connectivity index (χ2v) is 9.77. The van der Waals surface area contributed by atoms with E-state index in [0.29, 0.717) is 13.3 Å². The van der Waals surface area contributed by atoms with E-state index in [1.54, 1.807) is 0 Å². The first-order valence-electron chi connectivity index (χ1n) is 4.92. The van der Waals surface area contributed by atoms with E-state index in [-0.39, 0.29) is 16.4 Å². The lowest BCUT2D eigenvalue weighted by Crippen LogP contribution is -2.12. The number of carboxylic acids is 1. The van der Waals surface area contributed by atoms with Gasteiger partial charge >= 0.3 is 5.97 Å². The Hall–Kier alpha value is -0.490. The molecular weight excluding hydrogens is 456 g/mol. The number of nitrogens with zero attached hydrogens (tertiary/aromatic N) is 1. The zero-order valence-corrected chi connectivity index (χ0v) is 15.1. The predicted molar refractivity (Wildman–Crippen MR) is 84.0 cm³/mol. The Morgan fingerprint density at radius 3 is 2.70 bits per heavy atom. The van der Waals surface area contributed by atoms with Crippen LogP contribution in [0.15, 0.2) is 23.9 Å². The quantitative estimate of drug-likeness (QED) is 0.712. The summed E-state index contributed by atoms with van der Waals surface area (Å²) in [5, 5.41) is 10.3. The number of halogens is 2. The molecule has 0 amide bonds. The molecule has 2 rings (SSSR count). The van der Waals surface area contributed by atoms with Crippen molar-refractivity contribution in [3.8, 4) is 0 Å². The van der Waals surface area contributed by atoms with Crippen LogP contribution in [0.5, 0.6) is 0 Å². The highest BCUT2D eigenvalue weighted by molar-refractivity contribution is 9.12. The van der Waals surface area contributed by atoms with E-state index in [1.165, 1.54) is 22.8 Å². The number of sulfonamides is 1. The maximum absolute atomic E-state index is 12.2. The van der Waals surface area contributed by atoms with E-state index in [0.717, 1.165) is 11.3 Å². The van der Waals surface area contributed by atoms with Crippen LogP contribution >= 0.6 is 54.5 Å². The summed E-state index contributed by atoms with van der Waals surface area (Å²) in [4.78, 5) is 14.6. The summed E-state index contributed by atoms with van der Waals surface area (Å²) in [6, 6.07) is 1.48. The van der Waals surface area contributed by atoms with Gasteiger partial charge in [-0.2, -0.15) is 0 Å². The van der Waals surface area contributed by atoms with Crippen molar-refractivity contribution in [1.82, 2.24) is 4.98 Å². The van der Waals surface area contributed by atoms with Crippen LogP contribution in [-0.4, -0.2) is 24.5 Å². The summed E-state index contributed by atoms with van der Waals surface area (Å²) in [5.41, 5.74) is 0.311. The molecule has 2 heterocycles. The minimum absolute atomic E-state index is 0.101. The fourth-order valence-electron chi connectivity index (χ4n) is 1.27. The molecule has 0 saturated heterocycles. The highest BCUT2D eigenvalue weighted by Crippen LogP contribution is 2.35. The molecule has 0 aliphatic rings. The summed E-state index contributed by atoms with van der Waals surface area (Å²) in [6.07, 6.45) is -0.244. The molecule has 0 bridgehead atoms. The van der Waals surface area contributed by atoms with Crippen molar-refractivity contribution in [3.05, 3.63) is 24.7 Å². The van der Waals surface area contributed by atoms with E-state index in [9.17, 15) is 13.2 Å². The molecule has 0 atom stereocenters. The largest absolute Gasteiger partial charge is 0.481 e. The van der Waals surface area contributed by atoms with E-state index in [1.807, 2.05) is 0 Å². The molecule has 0 unspecified atom stereocenters. The van der Waals surface area contributed by atoms with Gasteiger partial charge < -0.3 is 5.11 Å². The monoisotopic (exact) mass is 460 g/mol. The van der Waals surface area contributed by atoms with Gasteiger partial charge in [0, 0.05) is 5.38 Å². The van der Waals surface area contributed by atoms with Crippen molar-refractivity contribution < 1.29 is 18.3 Å². The Morgan fingerprint density at radius 1 is 1.45 bits per heavy atom. The maximum Gasteiger partial charge on any atom is 0.309 e.